The fourth-order valence-corrected chi connectivity index (χ4v) is 2.34. The zero-order chi connectivity index (χ0) is 18.7. The number of para-hydroxylation sites is 1. The predicted molar refractivity (Wildman–Crippen MR) is 93.0 cm³/mol. The van der Waals surface area contributed by atoms with Crippen LogP contribution in [-0.4, -0.2) is 17.9 Å². The number of amides is 1. The van der Waals surface area contributed by atoms with Gasteiger partial charge in [0.25, 0.3) is 5.91 Å². The average Bonchev–Trinajstić information content (AvgIpc) is 2.67. The van der Waals surface area contributed by atoms with Gasteiger partial charge < -0.3 is 10.2 Å². The molecule has 0 saturated carbocycles. The number of carbonyl (C=O) groups is 1. The van der Waals surface area contributed by atoms with Gasteiger partial charge in [-0.1, -0.05) is 18.2 Å². The van der Waals surface area contributed by atoms with Gasteiger partial charge in [0.15, 0.2) is 17.5 Å². The van der Waals surface area contributed by atoms with E-state index in [1.807, 2.05) is 42.3 Å². The van der Waals surface area contributed by atoms with E-state index in [9.17, 15) is 18.0 Å². The van der Waals surface area contributed by atoms with Crippen molar-refractivity contribution in [1.82, 2.24) is 4.98 Å². The van der Waals surface area contributed by atoms with E-state index in [0.717, 1.165) is 17.4 Å². The number of nitrogens with one attached hydrogen (secondary N) is 1. The second-order valence-corrected chi connectivity index (χ2v) is 5.47. The molecule has 0 bridgehead atoms. The SMILES string of the molecule is CN(c1ccccc1)c1ccc(NC(=O)c2ccc(F)c(F)c2F)nc1. The highest BCUT2D eigenvalue weighted by molar-refractivity contribution is 6.04. The Morgan fingerprint density at radius 1 is 0.923 bits per heavy atom. The topological polar surface area (TPSA) is 45.2 Å². The van der Waals surface area contributed by atoms with Crippen LogP contribution in [-0.2, 0) is 0 Å². The van der Waals surface area contributed by atoms with Crippen molar-refractivity contribution in [2.75, 3.05) is 17.3 Å². The number of pyridine rings is 1. The monoisotopic (exact) mass is 357 g/mol. The zero-order valence-corrected chi connectivity index (χ0v) is 13.7. The maximum Gasteiger partial charge on any atom is 0.259 e. The van der Waals surface area contributed by atoms with Gasteiger partial charge >= 0.3 is 0 Å². The highest BCUT2D eigenvalue weighted by atomic mass is 19.2. The summed E-state index contributed by atoms with van der Waals surface area (Å²) in [6.07, 6.45) is 1.53. The number of benzene rings is 2. The van der Waals surface area contributed by atoms with Crippen molar-refractivity contribution in [2.24, 2.45) is 0 Å². The van der Waals surface area contributed by atoms with E-state index >= 15 is 0 Å². The summed E-state index contributed by atoms with van der Waals surface area (Å²) in [5.74, 6) is -5.35. The first-order valence-corrected chi connectivity index (χ1v) is 7.67. The lowest BCUT2D eigenvalue weighted by molar-refractivity contribution is 0.102. The molecule has 1 aromatic heterocycles. The van der Waals surface area contributed by atoms with E-state index in [1.165, 1.54) is 12.3 Å². The third-order valence-electron chi connectivity index (χ3n) is 3.80. The van der Waals surface area contributed by atoms with Gasteiger partial charge in [-0.3, -0.25) is 4.79 Å². The van der Waals surface area contributed by atoms with Crippen LogP contribution in [0.5, 0.6) is 0 Å². The van der Waals surface area contributed by atoms with Crippen LogP contribution in [0.1, 0.15) is 10.4 Å². The van der Waals surface area contributed by atoms with Crippen molar-refractivity contribution in [3.8, 4) is 0 Å². The number of hydrogen-bond donors (Lipinski definition) is 1. The summed E-state index contributed by atoms with van der Waals surface area (Å²) in [7, 11) is 1.86. The van der Waals surface area contributed by atoms with Crippen molar-refractivity contribution in [1.29, 1.82) is 0 Å². The molecule has 1 N–H and O–H groups in total. The Labute approximate surface area is 147 Å². The van der Waals surface area contributed by atoms with Gasteiger partial charge in [0.05, 0.1) is 17.4 Å². The van der Waals surface area contributed by atoms with Gasteiger partial charge in [-0.05, 0) is 36.4 Å². The molecule has 1 heterocycles. The third kappa shape index (κ3) is 3.51. The minimum absolute atomic E-state index is 0.157. The normalized spacial score (nSPS) is 10.5. The zero-order valence-electron chi connectivity index (χ0n) is 13.7. The first-order chi connectivity index (χ1) is 12.5. The Kier molecular flexibility index (Phi) is 4.88. The third-order valence-corrected chi connectivity index (χ3v) is 3.80. The number of aromatic nitrogens is 1. The molecule has 4 nitrogen and oxygen atoms in total. The average molecular weight is 357 g/mol. The van der Waals surface area contributed by atoms with Gasteiger partial charge in [-0.15, -0.1) is 0 Å². The van der Waals surface area contributed by atoms with Crippen LogP contribution in [0.25, 0.3) is 0 Å². The van der Waals surface area contributed by atoms with Crippen LogP contribution >= 0.6 is 0 Å². The number of nitrogens with zero attached hydrogens (tertiary/aromatic N) is 2. The standard InChI is InChI=1S/C19H14F3N3O/c1-25(12-5-3-2-4-6-12)13-7-10-16(23-11-13)24-19(26)14-8-9-15(20)18(22)17(14)21/h2-11H,1H3,(H,23,24,26). The van der Waals surface area contributed by atoms with E-state index in [-0.39, 0.29) is 5.82 Å². The molecule has 0 saturated heterocycles. The molecule has 0 aliphatic rings. The van der Waals surface area contributed by atoms with E-state index < -0.39 is 28.9 Å². The van der Waals surface area contributed by atoms with Gasteiger partial charge in [0.2, 0.25) is 0 Å². The number of anilines is 3. The van der Waals surface area contributed by atoms with Crippen LogP contribution in [0.3, 0.4) is 0 Å². The molecular formula is C19H14F3N3O. The Balaban J connectivity index is 1.75. The van der Waals surface area contributed by atoms with Gasteiger partial charge in [-0.25, -0.2) is 18.2 Å². The van der Waals surface area contributed by atoms with Crippen molar-refractivity contribution < 1.29 is 18.0 Å². The Bertz CT molecular complexity index is 931. The first-order valence-electron chi connectivity index (χ1n) is 7.67. The maximum atomic E-state index is 13.7. The molecule has 3 aromatic rings. The van der Waals surface area contributed by atoms with E-state index in [1.54, 1.807) is 6.07 Å². The van der Waals surface area contributed by atoms with Crippen molar-refractivity contribution in [3.63, 3.8) is 0 Å². The van der Waals surface area contributed by atoms with Crippen LogP contribution < -0.4 is 10.2 Å². The molecule has 0 radical (unpaired) electrons. The maximum absolute atomic E-state index is 13.7. The summed E-state index contributed by atoms with van der Waals surface area (Å²) < 4.78 is 39.9. The molecule has 3 rings (SSSR count). The van der Waals surface area contributed by atoms with Gasteiger partial charge in [-0.2, -0.15) is 0 Å². The summed E-state index contributed by atoms with van der Waals surface area (Å²) in [4.78, 5) is 18.0. The Morgan fingerprint density at radius 2 is 1.65 bits per heavy atom. The van der Waals surface area contributed by atoms with Crippen molar-refractivity contribution in [3.05, 3.63) is 83.8 Å². The lowest BCUT2D eigenvalue weighted by Crippen LogP contribution is -2.16. The second kappa shape index (κ2) is 7.26. The Morgan fingerprint density at radius 3 is 2.31 bits per heavy atom. The van der Waals surface area contributed by atoms with E-state index in [2.05, 4.69) is 10.3 Å². The predicted octanol–water partition coefficient (Wildman–Crippen LogP) is 4.52. The first kappa shape index (κ1) is 17.5. The van der Waals surface area contributed by atoms with Crippen molar-refractivity contribution >= 4 is 23.1 Å². The molecule has 7 heteroatoms. The summed E-state index contributed by atoms with van der Waals surface area (Å²) in [6.45, 7) is 0. The van der Waals surface area contributed by atoms with Crippen LogP contribution in [0, 0.1) is 17.5 Å². The molecule has 0 aliphatic carbocycles. The fraction of sp³-hybridized carbons (Fsp3) is 0.0526. The van der Waals surface area contributed by atoms with Crippen LogP contribution in [0.4, 0.5) is 30.4 Å². The molecule has 1 amide bonds. The summed E-state index contributed by atoms with van der Waals surface area (Å²) in [5.41, 5.74) is 1.12. The van der Waals surface area contributed by atoms with E-state index in [0.29, 0.717) is 6.07 Å². The molecule has 26 heavy (non-hydrogen) atoms. The van der Waals surface area contributed by atoms with Gasteiger partial charge in [0.1, 0.15) is 5.82 Å². The fourth-order valence-electron chi connectivity index (χ4n) is 2.34. The highest BCUT2D eigenvalue weighted by Crippen LogP contribution is 2.23. The molecule has 0 atom stereocenters. The molecule has 0 unspecified atom stereocenters. The molecule has 132 valence electrons. The lowest BCUT2D eigenvalue weighted by atomic mass is 10.2. The molecule has 0 aliphatic heterocycles. The molecule has 2 aromatic carbocycles. The second-order valence-electron chi connectivity index (χ2n) is 5.47. The highest BCUT2D eigenvalue weighted by Gasteiger charge is 2.19. The Hall–Kier alpha value is -3.35. The number of carbonyl (C=O) groups excluding carboxylic acids is 1. The summed E-state index contributed by atoms with van der Waals surface area (Å²) in [5, 5.41) is 2.35. The minimum Gasteiger partial charge on any atom is -0.343 e. The largest absolute Gasteiger partial charge is 0.343 e. The smallest absolute Gasteiger partial charge is 0.259 e. The van der Waals surface area contributed by atoms with Crippen LogP contribution in [0.2, 0.25) is 0 Å². The minimum atomic E-state index is -1.69. The summed E-state index contributed by atoms with van der Waals surface area (Å²) in [6, 6.07) is 14.4. The van der Waals surface area contributed by atoms with Gasteiger partial charge in [0, 0.05) is 12.7 Å². The molecular weight excluding hydrogens is 343 g/mol. The molecule has 0 fully saturated rings. The van der Waals surface area contributed by atoms with Crippen molar-refractivity contribution in [2.45, 2.75) is 0 Å². The van der Waals surface area contributed by atoms with E-state index in [4.69, 9.17) is 0 Å². The number of halogens is 3. The number of rotatable bonds is 4. The molecule has 0 spiro atoms. The summed E-state index contributed by atoms with van der Waals surface area (Å²) >= 11 is 0. The van der Waals surface area contributed by atoms with Crippen LogP contribution in [0.15, 0.2) is 60.8 Å². The lowest BCUT2D eigenvalue weighted by Gasteiger charge is -2.19. The quantitative estimate of drug-likeness (QED) is 0.699. The number of hydrogen-bond acceptors (Lipinski definition) is 3.